The summed E-state index contributed by atoms with van der Waals surface area (Å²) in [6, 6.07) is 9.81. The van der Waals surface area contributed by atoms with Crippen LogP contribution in [0.1, 0.15) is 38.7 Å². The third kappa shape index (κ3) is 5.89. The highest BCUT2D eigenvalue weighted by Crippen LogP contribution is 2.40. The average Bonchev–Trinajstić information content (AvgIpc) is 2.57. The molecule has 0 amide bonds. The second-order valence-corrected chi connectivity index (χ2v) is 5.95. The molecular formula is C19H28O5. The van der Waals surface area contributed by atoms with Crippen molar-refractivity contribution in [3.8, 4) is 0 Å². The van der Waals surface area contributed by atoms with Gasteiger partial charge in [0.25, 0.3) is 0 Å². The van der Waals surface area contributed by atoms with Gasteiger partial charge in [-0.3, -0.25) is 4.79 Å². The molecule has 0 aliphatic heterocycles. The van der Waals surface area contributed by atoms with Crippen molar-refractivity contribution in [3.05, 3.63) is 35.9 Å². The van der Waals surface area contributed by atoms with E-state index in [9.17, 15) is 4.79 Å². The Bertz CT molecular complexity index is 470. The van der Waals surface area contributed by atoms with Crippen molar-refractivity contribution in [1.82, 2.24) is 0 Å². The van der Waals surface area contributed by atoms with Gasteiger partial charge in [-0.25, -0.2) is 0 Å². The van der Waals surface area contributed by atoms with E-state index in [2.05, 4.69) is 0 Å². The number of rotatable bonds is 11. The van der Waals surface area contributed by atoms with Crippen LogP contribution in [0.5, 0.6) is 0 Å². The Kier molecular flexibility index (Phi) is 8.22. The van der Waals surface area contributed by atoms with Crippen molar-refractivity contribution in [3.63, 3.8) is 0 Å². The number of hydrogen-bond acceptors (Lipinski definition) is 5. The lowest BCUT2D eigenvalue weighted by Gasteiger charge is -2.40. The fraction of sp³-hybridized carbons (Fsp3) is 0.632. The molecule has 1 aliphatic rings. The lowest BCUT2D eigenvalue weighted by molar-refractivity contribution is -0.199. The number of hydrogen-bond donors (Lipinski definition) is 0. The fourth-order valence-corrected chi connectivity index (χ4v) is 2.94. The maximum absolute atomic E-state index is 12.0. The second-order valence-electron chi connectivity index (χ2n) is 5.95. The minimum absolute atomic E-state index is 0.00847. The average molecular weight is 336 g/mol. The maximum atomic E-state index is 12.0. The Hall–Kier alpha value is -1.43. The van der Waals surface area contributed by atoms with Gasteiger partial charge in [-0.2, -0.15) is 0 Å². The van der Waals surface area contributed by atoms with Gasteiger partial charge < -0.3 is 18.9 Å². The zero-order chi connectivity index (χ0) is 17.2. The number of ether oxygens (including phenoxy) is 4. The number of benzene rings is 1. The predicted molar refractivity (Wildman–Crippen MR) is 90.1 cm³/mol. The molecule has 2 atom stereocenters. The SMILES string of the molecule is CCOC(OCC)C1CCC1CC(=O)OCOCc1ccccc1. The summed E-state index contributed by atoms with van der Waals surface area (Å²) in [6.07, 6.45) is 2.24. The van der Waals surface area contributed by atoms with Crippen LogP contribution in [0.15, 0.2) is 30.3 Å². The summed E-state index contributed by atoms with van der Waals surface area (Å²) in [5, 5.41) is 0. The van der Waals surface area contributed by atoms with Gasteiger partial charge in [0.2, 0.25) is 0 Å². The normalized spacial score (nSPS) is 20.0. The highest BCUT2D eigenvalue weighted by molar-refractivity contribution is 5.69. The van der Waals surface area contributed by atoms with Gasteiger partial charge in [-0.1, -0.05) is 30.3 Å². The number of carbonyl (C=O) groups is 1. The van der Waals surface area contributed by atoms with Crippen LogP contribution in [0.3, 0.4) is 0 Å². The van der Waals surface area contributed by atoms with Gasteiger partial charge in [0.15, 0.2) is 13.1 Å². The van der Waals surface area contributed by atoms with Crippen LogP contribution < -0.4 is 0 Å². The summed E-state index contributed by atoms with van der Waals surface area (Å²) in [7, 11) is 0. The second kappa shape index (κ2) is 10.4. The minimum Gasteiger partial charge on any atom is -0.438 e. The van der Waals surface area contributed by atoms with E-state index in [0.29, 0.717) is 26.2 Å². The molecule has 0 N–H and O–H groups in total. The summed E-state index contributed by atoms with van der Waals surface area (Å²) in [6.45, 7) is 5.58. The van der Waals surface area contributed by atoms with Gasteiger partial charge >= 0.3 is 5.97 Å². The molecule has 2 unspecified atom stereocenters. The number of esters is 1. The molecule has 24 heavy (non-hydrogen) atoms. The van der Waals surface area contributed by atoms with Gasteiger partial charge in [-0.15, -0.1) is 0 Å². The first-order chi connectivity index (χ1) is 11.7. The van der Waals surface area contributed by atoms with Crippen LogP contribution in [0.2, 0.25) is 0 Å². The molecular weight excluding hydrogens is 308 g/mol. The molecule has 134 valence electrons. The first-order valence-corrected chi connectivity index (χ1v) is 8.75. The molecule has 2 rings (SSSR count). The van der Waals surface area contributed by atoms with E-state index in [1.165, 1.54) is 0 Å². The van der Waals surface area contributed by atoms with Crippen molar-refractivity contribution < 1.29 is 23.7 Å². The lowest BCUT2D eigenvalue weighted by Crippen LogP contribution is -2.40. The summed E-state index contributed by atoms with van der Waals surface area (Å²) >= 11 is 0. The zero-order valence-electron chi connectivity index (χ0n) is 14.6. The van der Waals surface area contributed by atoms with Crippen LogP contribution in [-0.4, -0.2) is 32.3 Å². The van der Waals surface area contributed by atoms with E-state index in [1.54, 1.807) is 0 Å². The van der Waals surface area contributed by atoms with E-state index in [-0.39, 0.29) is 30.9 Å². The van der Waals surface area contributed by atoms with Gasteiger partial charge in [0.05, 0.1) is 6.61 Å². The Morgan fingerprint density at radius 1 is 1.12 bits per heavy atom. The monoisotopic (exact) mass is 336 g/mol. The van der Waals surface area contributed by atoms with Crippen molar-refractivity contribution >= 4 is 5.97 Å². The Labute approximate surface area is 144 Å². The zero-order valence-corrected chi connectivity index (χ0v) is 14.6. The Morgan fingerprint density at radius 3 is 2.42 bits per heavy atom. The fourth-order valence-electron chi connectivity index (χ4n) is 2.94. The van der Waals surface area contributed by atoms with Crippen LogP contribution in [0, 0.1) is 11.8 Å². The quantitative estimate of drug-likeness (QED) is 0.351. The van der Waals surface area contributed by atoms with E-state index in [0.717, 1.165) is 18.4 Å². The van der Waals surface area contributed by atoms with E-state index in [4.69, 9.17) is 18.9 Å². The summed E-state index contributed by atoms with van der Waals surface area (Å²) in [5.41, 5.74) is 1.06. The minimum atomic E-state index is -0.218. The third-order valence-corrected chi connectivity index (χ3v) is 4.33. The predicted octanol–water partition coefficient (Wildman–Crippen LogP) is 3.52. The van der Waals surface area contributed by atoms with Gasteiger partial charge in [0.1, 0.15) is 0 Å². The first-order valence-electron chi connectivity index (χ1n) is 8.75. The number of carbonyl (C=O) groups excluding carboxylic acids is 1. The van der Waals surface area contributed by atoms with Crippen molar-refractivity contribution in [2.75, 3.05) is 20.0 Å². The lowest BCUT2D eigenvalue weighted by atomic mass is 9.71. The summed E-state index contributed by atoms with van der Waals surface area (Å²) in [4.78, 5) is 12.0. The third-order valence-electron chi connectivity index (χ3n) is 4.33. The van der Waals surface area contributed by atoms with Crippen molar-refractivity contribution in [2.45, 2.75) is 46.0 Å². The van der Waals surface area contributed by atoms with Crippen LogP contribution >= 0.6 is 0 Å². The smallest absolute Gasteiger partial charge is 0.308 e. The maximum Gasteiger partial charge on any atom is 0.308 e. The molecule has 1 fully saturated rings. The molecule has 1 saturated carbocycles. The molecule has 0 heterocycles. The highest BCUT2D eigenvalue weighted by Gasteiger charge is 2.39. The molecule has 0 saturated heterocycles. The molecule has 0 spiro atoms. The molecule has 0 radical (unpaired) electrons. The van der Waals surface area contributed by atoms with Crippen molar-refractivity contribution in [2.24, 2.45) is 11.8 Å². The molecule has 0 bridgehead atoms. The summed E-state index contributed by atoms with van der Waals surface area (Å²) in [5.74, 6) is 0.335. The van der Waals surface area contributed by atoms with E-state index >= 15 is 0 Å². The Morgan fingerprint density at radius 2 is 1.83 bits per heavy atom. The van der Waals surface area contributed by atoms with Crippen molar-refractivity contribution in [1.29, 1.82) is 0 Å². The standard InChI is InChI=1S/C19H28O5/c1-3-22-19(23-4-2)17-11-10-16(17)12-18(20)24-14-21-13-15-8-6-5-7-9-15/h5-9,16-17,19H,3-4,10-14H2,1-2H3. The molecule has 5 nitrogen and oxygen atoms in total. The Balaban J connectivity index is 1.64. The molecule has 1 aliphatic carbocycles. The van der Waals surface area contributed by atoms with Crippen LogP contribution in [0.25, 0.3) is 0 Å². The summed E-state index contributed by atoms with van der Waals surface area (Å²) < 4.78 is 21.9. The van der Waals surface area contributed by atoms with E-state index in [1.807, 2.05) is 44.2 Å². The largest absolute Gasteiger partial charge is 0.438 e. The van der Waals surface area contributed by atoms with Crippen LogP contribution in [-0.2, 0) is 30.3 Å². The molecule has 0 aromatic heterocycles. The molecule has 1 aromatic carbocycles. The molecule has 1 aromatic rings. The van der Waals surface area contributed by atoms with Gasteiger partial charge in [-0.05, 0) is 38.2 Å². The molecule has 5 heteroatoms. The topological polar surface area (TPSA) is 54.0 Å². The van der Waals surface area contributed by atoms with Gasteiger partial charge in [0, 0.05) is 25.6 Å². The highest BCUT2D eigenvalue weighted by atomic mass is 16.7. The van der Waals surface area contributed by atoms with Crippen LogP contribution in [0.4, 0.5) is 0 Å². The first kappa shape index (κ1) is 18.9. The van der Waals surface area contributed by atoms with E-state index < -0.39 is 0 Å².